The van der Waals surface area contributed by atoms with Gasteiger partial charge >= 0.3 is 0 Å². The maximum Gasteiger partial charge on any atom is 0.227 e. The van der Waals surface area contributed by atoms with Crippen LogP contribution in [0.15, 0.2) is 36.4 Å². The quantitative estimate of drug-likeness (QED) is 0.662. The summed E-state index contributed by atoms with van der Waals surface area (Å²) in [6.07, 6.45) is 0.301. The summed E-state index contributed by atoms with van der Waals surface area (Å²) < 4.78 is 21.3. The van der Waals surface area contributed by atoms with Gasteiger partial charge in [-0.1, -0.05) is 12.1 Å². The number of methoxy groups -OCH3 is 4. The molecular weight excluding hydrogens is 384 g/mol. The van der Waals surface area contributed by atoms with Crippen molar-refractivity contribution in [2.24, 2.45) is 0 Å². The van der Waals surface area contributed by atoms with Gasteiger partial charge in [0.15, 0.2) is 11.5 Å². The fraction of sp³-hybridized carbons (Fsp3) is 0.435. The summed E-state index contributed by atoms with van der Waals surface area (Å²) in [5.41, 5.74) is 2.09. The highest BCUT2D eigenvalue weighted by atomic mass is 16.5. The average Bonchev–Trinajstić information content (AvgIpc) is 2.79. The van der Waals surface area contributed by atoms with Gasteiger partial charge in [-0.2, -0.15) is 0 Å². The van der Waals surface area contributed by atoms with Gasteiger partial charge in [0.05, 0.1) is 34.9 Å². The second-order valence-corrected chi connectivity index (χ2v) is 7.22. The van der Waals surface area contributed by atoms with E-state index in [1.165, 1.54) is 5.56 Å². The minimum atomic E-state index is 0.105. The van der Waals surface area contributed by atoms with Crippen molar-refractivity contribution < 1.29 is 23.7 Å². The van der Waals surface area contributed by atoms with E-state index >= 15 is 0 Å². The van der Waals surface area contributed by atoms with Crippen molar-refractivity contribution >= 4 is 5.91 Å². The number of hydrogen-bond acceptors (Lipinski definition) is 6. The Labute approximate surface area is 178 Å². The lowest BCUT2D eigenvalue weighted by Crippen LogP contribution is -2.48. The van der Waals surface area contributed by atoms with Crippen LogP contribution in [0.25, 0.3) is 0 Å². The molecule has 1 fully saturated rings. The Hall–Kier alpha value is -2.93. The van der Waals surface area contributed by atoms with Crippen LogP contribution in [0.3, 0.4) is 0 Å². The Morgan fingerprint density at radius 1 is 0.800 bits per heavy atom. The second-order valence-electron chi connectivity index (χ2n) is 7.22. The number of piperazine rings is 1. The van der Waals surface area contributed by atoms with Crippen LogP contribution in [0, 0.1) is 0 Å². The van der Waals surface area contributed by atoms with Crippen LogP contribution in [-0.4, -0.2) is 70.3 Å². The highest BCUT2D eigenvalue weighted by molar-refractivity contribution is 5.79. The molecular formula is C23H30N2O5. The fourth-order valence-electron chi connectivity index (χ4n) is 3.67. The highest BCUT2D eigenvalue weighted by Crippen LogP contribution is 2.38. The summed E-state index contributed by atoms with van der Waals surface area (Å²) in [6, 6.07) is 11.8. The third-order valence-corrected chi connectivity index (χ3v) is 5.37. The molecule has 0 N–H and O–H groups in total. The third-order valence-electron chi connectivity index (χ3n) is 5.37. The van der Waals surface area contributed by atoms with Crippen LogP contribution in [-0.2, 0) is 17.8 Å². The SMILES string of the molecule is COc1ccc(CN2CCN(C(=O)Cc3cc(OC)c(OC)c(OC)c3)CC2)cc1. The third kappa shape index (κ3) is 5.16. The molecule has 0 radical (unpaired) electrons. The minimum Gasteiger partial charge on any atom is -0.497 e. The smallest absolute Gasteiger partial charge is 0.227 e. The molecule has 0 unspecified atom stereocenters. The van der Waals surface area contributed by atoms with Gasteiger partial charge in [0, 0.05) is 32.7 Å². The summed E-state index contributed by atoms with van der Waals surface area (Å²) in [5, 5.41) is 0. The molecule has 0 aromatic heterocycles. The van der Waals surface area contributed by atoms with Crippen molar-refractivity contribution in [1.29, 1.82) is 0 Å². The van der Waals surface area contributed by atoms with Gasteiger partial charge in [-0.3, -0.25) is 9.69 Å². The molecule has 0 aliphatic carbocycles. The minimum absolute atomic E-state index is 0.105. The molecule has 3 rings (SSSR count). The molecule has 30 heavy (non-hydrogen) atoms. The monoisotopic (exact) mass is 414 g/mol. The molecule has 1 aliphatic rings. The normalized spacial score (nSPS) is 14.3. The van der Waals surface area contributed by atoms with Gasteiger partial charge in [0.25, 0.3) is 0 Å². The molecule has 7 heteroatoms. The zero-order valence-electron chi connectivity index (χ0n) is 18.1. The number of ether oxygens (including phenoxy) is 4. The molecule has 1 heterocycles. The summed E-state index contributed by atoms with van der Waals surface area (Å²) in [7, 11) is 6.38. The van der Waals surface area contributed by atoms with Crippen molar-refractivity contribution in [3.63, 3.8) is 0 Å². The van der Waals surface area contributed by atoms with Crippen molar-refractivity contribution in [3.8, 4) is 23.0 Å². The summed E-state index contributed by atoms with van der Waals surface area (Å²) in [4.78, 5) is 17.1. The van der Waals surface area contributed by atoms with Crippen LogP contribution in [0.2, 0.25) is 0 Å². The van der Waals surface area contributed by atoms with Crippen LogP contribution >= 0.6 is 0 Å². The molecule has 7 nitrogen and oxygen atoms in total. The summed E-state index contributed by atoms with van der Waals surface area (Å²) in [5.74, 6) is 2.62. The van der Waals surface area contributed by atoms with E-state index in [2.05, 4.69) is 17.0 Å². The summed E-state index contributed by atoms with van der Waals surface area (Å²) in [6.45, 7) is 4.03. The van der Waals surface area contributed by atoms with Gasteiger partial charge in [-0.15, -0.1) is 0 Å². The van der Waals surface area contributed by atoms with E-state index < -0.39 is 0 Å². The fourth-order valence-corrected chi connectivity index (χ4v) is 3.67. The molecule has 0 bridgehead atoms. The molecule has 0 atom stereocenters. The topological polar surface area (TPSA) is 60.5 Å². The number of benzene rings is 2. The van der Waals surface area contributed by atoms with Crippen LogP contribution in [0.1, 0.15) is 11.1 Å². The van der Waals surface area contributed by atoms with Crippen molar-refractivity contribution in [2.45, 2.75) is 13.0 Å². The molecule has 2 aromatic carbocycles. The highest BCUT2D eigenvalue weighted by Gasteiger charge is 2.22. The predicted octanol–water partition coefficient (Wildman–Crippen LogP) is 2.61. The molecule has 162 valence electrons. The maximum absolute atomic E-state index is 12.8. The lowest BCUT2D eigenvalue weighted by molar-refractivity contribution is -0.132. The molecule has 1 saturated heterocycles. The van der Waals surface area contributed by atoms with E-state index in [0.29, 0.717) is 23.7 Å². The van der Waals surface area contributed by atoms with E-state index in [1.807, 2.05) is 29.2 Å². The molecule has 1 aliphatic heterocycles. The first-order valence-corrected chi connectivity index (χ1v) is 10.00. The Morgan fingerprint density at radius 3 is 1.90 bits per heavy atom. The number of hydrogen-bond donors (Lipinski definition) is 0. The predicted molar refractivity (Wildman–Crippen MR) is 115 cm³/mol. The number of carbonyl (C=O) groups excluding carboxylic acids is 1. The summed E-state index contributed by atoms with van der Waals surface area (Å²) >= 11 is 0. The Bertz CT molecular complexity index is 820. The van der Waals surface area contributed by atoms with E-state index in [1.54, 1.807) is 28.4 Å². The Balaban J connectivity index is 1.56. The number of carbonyl (C=O) groups is 1. The van der Waals surface area contributed by atoms with Gasteiger partial charge in [0.1, 0.15) is 5.75 Å². The van der Waals surface area contributed by atoms with Crippen LogP contribution < -0.4 is 18.9 Å². The van der Waals surface area contributed by atoms with Gasteiger partial charge < -0.3 is 23.8 Å². The van der Waals surface area contributed by atoms with E-state index in [4.69, 9.17) is 18.9 Å². The van der Waals surface area contributed by atoms with Crippen molar-refractivity contribution in [2.75, 3.05) is 54.6 Å². The first-order chi connectivity index (χ1) is 14.6. The molecule has 0 spiro atoms. The van der Waals surface area contributed by atoms with Gasteiger partial charge in [-0.25, -0.2) is 0 Å². The number of amides is 1. The van der Waals surface area contributed by atoms with Gasteiger partial charge in [0.2, 0.25) is 11.7 Å². The second kappa shape index (κ2) is 10.2. The zero-order valence-corrected chi connectivity index (χ0v) is 18.1. The Morgan fingerprint density at radius 2 is 1.40 bits per heavy atom. The average molecular weight is 415 g/mol. The first kappa shape index (κ1) is 21.8. The van der Waals surface area contributed by atoms with E-state index in [0.717, 1.165) is 44.0 Å². The van der Waals surface area contributed by atoms with Crippen LogP contribution in [0.5, 0.6) is 23.0 Å². The first-order valence-electron chi connectivity index (χ1n) is 10.00. The lowest BCUT2D eigenvalue weighted by Gasteiger charge is -2.35. The van der Waals surface area contributed by atoms with E-state index in [-0.39, 0.29) is 5.91 Å². The zero-order chi connectivity index (χ0) is 21.5. The van der Waals surface area contributed by atoms with Crippen LogP contribution in [0.4, 0.5) is 0 Å². The molecule has 1 amide bonds. The molecule has 0 saturated carbocycles. The molecule has 2 aromatic rings. The maximum atomic E-state index is 12.8. The van der Waals surface area contributed by atoms with Gasteiger partial charge in [-0.05, 0) is 35.4 Å². The Kier molecular flexibility index (Phi) is 7.41. The van der Waals surface area contributed by atoms with Crippen molar-refractivity contribution in [3.05, 3.63) is 47.5 Å². The standard InChI is InChI=1S/C23H30N2O5/c1-27-19-7-5-17(6-8-19)16-24-9-11-25(12-10-24)22(26)15-18-13-20(28-2)23(30-4)21(14-18)29-3/h5-8,13-14H,9-12,15-16H2,1-4H3. The van der Waals surface area contributed by atoms with E-state index in [9.17, 15) is 4.79 Å². The number of nitrogens with zero attached hydrogens (tertiary/aromatic N) is 2. The van der Waals surface area contributed by atoms with Crippen molar-refractivity contribution in [1.82, 2.24) is 9.80 Å². The lowest BCUT2D eigenvalue weighted by atomic mass is 10.1. The number of rotatable bonds is 8. The largest absolute Gasteiger partial charge is 0.497 e.